The summed E-state index contributed by atoms with van der Waals surface area (Å²) >= 11 is 38.7. The number of hydrogen-bond acceptors (Lipinski definition) is 4. The molecule has 6 bridgehead atoms. The zero-order valence-corrected chi connectivity index (χ0v) is 23.6. The van der Waals surface area contributed by atoms with Gasteiger partial charge in [-0.2, -0.15) is 0 Å². The third-order valence-electron chi connectivity index (χ3n) is 6.37. The lowest BCUT2D eigenvalue weighted by Gasteiger charge is -2.18. The maximum absolute atomic E-state index is 11.1. The van der Waals surface area contributed by atoms with E-state index in [4.69, 9.17) is 69.6 Å². The van der Waals surface area contributed by atoms with Crippen molar-refractivity contribution >= 4 is 80.7 Å². The van der Waals surface area contributed by atoms with Crippen LogP contribution in [0.1, 0.15) is 22.3 Å². The van der Waals surface area contributed by atoms with Crippen LogP contribution in [0.5, 0.6) is 23.0 Å². The Kier molecular flexibility index (Phi) is 7.34. The normalized spacial score (nSPS) is 12.8. The predicted octanol–water partition coefficient (Wildman–Crippen LogP) is 9.95. The molecule has 0 amide bonds. The fraction of sp³-hybridized carbons (Fsp3) is 0.0714. The van der Waals surface area contributed by atoms with Crippen LogP contribution in [-0.2, 0) is 12.8 Å². The number of fused-ring (bicyclic) bond motifs is 3. The van der Waals surface area contributed by atoms with Crippen molar-refractivity contribution in [3.63, 3.8) is 0 Å². The summed E-state index contributed by atoms with van der Waals surface area (Å²) in [6.07, 6.45) is 2.28. The number of hydrogen-bond donors (Lipinski definition) is 4. The molecule has 4 aromatic rings. The fourth-order valence-electron chi connectivity index (χ4n) is 4.51. The molecule has 0 fully saturated rings. The Labute approximate surface area is 247 Å². The van der Waals surface area contributed by atoms with E-state index in [1.165, 1.54) is 30.3 Å². The topological polar surface area (TPSA) is 80.9 Å². The van der Waals surface area contributed by atoms with E-state index < -0.39 is 0 Å². The van der Waals surface area contributed by atoms with Gasteiger partial charge in [-0.3, -0.25) is 0 Å². The van der Waals surface area contributed by atoms with Gasteiger partial charge in [-0.1, -0.05) is 69.6 Å². The first-order chi connectivity index (χ1) is 18.0. The van der Waals surface area contributed by atoms with Crippen molar-refractivity contribution in [3.05, 3.63) is 89.8 Å². The third-order valence-corrected chi connectivity index (χ3v) is 8.21. The molecule has 0 saturated heterocycles. The summed E-state index contributed by atoms with van der Waals surface area (Å²) in [5.74, 6) is -0.898. The molecule has 0 aliphatic heterocycles. The Morgan fingerprint density at radius 2 is 1.13 bits per heavy atom. The lowest BCUT2D eigenvalue weighted by atomic mass is 9.91. The molecule has 6 rings (SSSR count). The van der Waals surface area contributed by atoms with Crippen LogP contribution in [0.25, 0.3) is 33.4 Å². The number of benzene rings is 4. The summed E-state index contributed by atoms with van der Waals surface area (Å²) in [7, 11) is 0. The Morgan fingerprint density at radius 3 is 1.84 bits per heavy atom. The number of phenolic OH excluding ortho intramolecular Hbond substituents is 4. The third kappa shape index (κ3) is 4.75. The highest BCUT2D eigenvalue weighted by molar-refractivity contribution is 6.55. The van der Waals surface area contributed by atoms with Crippen LogP contribution in [0, 0.1) is 0 Å². The van der Waals surface area contributed by atoms with E-state index in [0.717, 1.165) is 5.56 Å². The van der Waals surface area contributed by atoms with Gasteiger partial charge in [0.15, 0.2) is 0 Å². The van der Waals surface area contributed by atoms with Crippen molar-refractivity contribution in [3.8, 4) is 45.3 Å². The molecular weight excluding hydrogens is 613 g/mol. The Balaban J connectivity index is 1.87. The largest absolute Gasteiger partial charge is 0.506 e. The second kappa shape index (κ2) is 10.3. The van der Waals surface area contributed by atoms with Crippen molar-refractivity contribution in [1.29, 1.82) is 0 Å². The van der Waals surface area contributed by atoms with E-state index in [2.05, 4.69) is 0 Å². The quantitative estimate of drug-likeness (QED) is 0.156. The summed E-state index contributed by atoms with van der Waals surface area (Å²) in [4.78, 5) is 0. The molecule has 2 aliphatic rings. The van der Waals surface area contributed by atoms with E-state index in [1.54, 1.807) is 18.2 Å². The van der Waals surface area contributed by atoms with E-state index in [-0.39, 0.29) is 69.8 Å². The SMILES string of the molecule is Oc1cc2c(cc1Cl)-c1cc(Cl)c(c(Cl)c1O)C(Cl)=Cc1cc(Cl)c(O)c(c1)-c1cc(cc(Cl)c1O)CC2. The van der Waals surface area contributed by atoms with Crippen molar-refractivity contribution < 1.29 is 20.4 Å². The molecule has 38 heavy (non-hydrogen) atoms. The minimum absolute atomic E-state index is 0.0110. The molecule has 4 nitrogen and oxygen atoms in total. The Morgan fingerprint density at radius 1 is 0.526 bits per heavy atom. The summed E-state index contributed by atoms with van der Waals surface area (Å²) in [5.41, 5.74) is 3.29. The maximum atomic E-state index is 11.1. The van der Waals surface area contributed by atoms with Gasteiger partial charge in [-0.05, 0) is 83.6 Å². The van der Waals surface area contributed by atoms with Gasteiger partial charge >= 0.3 is 0 Å². The summed E-state index contributed by atoms with van der Waals surface area (Å²) in [6.45, 7) is 0. The molecule has 4 aromatic carbocycles. The minimum atomic E-state index is -0.271. The Bertz CT molecular complexity index is 1680. The number of phenols is 4. The molecule has 0 heterocycles. The lowest BCUT2D eigenvalue weighted by Crippen LogP contribution is -1.98. The monoisotopic (exact) mass is 626 g/mol. The van der Waals surface area contributed by atoms with E-state index in [0.29, 0.717) is 35.1 Å². The van der Waals surface area contributed by atoms with Crippen molar-refractivity contribution in [2.24, 2.45) is 0 Å². The van der Waals surface area contributed by atoms with Gasteiger partial charge in [0.1, 0.15) is 23.0 Å². The standard InChI is InChI=1S/C28H16Cl6O4/c29-18-9-14-13(8-23(18)35)2-1-11-3-15(26(36)21(32)5-11)16-4-12(7-22(33)27(16)37)6-19(30)24-20(31)10-17(14)28(38)25(24)34/h3-10,35-38H,1-2H2. The molecule has 4 N–H and O–H groups in total. The average molecular weight is 629 g/mol. The van der Waals surface area contributed by atoms with E-state index in [1.807, 2.05) is 0 Å². The zero-order valence-electron chi connectivity index (χ0n) is 19.1. The summed E-state index contributed by atoms with van der Waals surface area (Å²) in [5, 5.41) is 43.3. The van der Waals surface area contributed by atoms with Crippen LogP contribution < -0.4 is 0 Å². The highest BCUT2D eigenvalue weighted by atomic mass is 35.5. The van der Waals surface area contributed by atoms with Gasteiger partial charge in [-0.15, -0.1) is 0 Å². The highest BCUT2D eigenvalue weighted by Crippen LogP contribution is 2.49. The van der Waals surface area contributed by atoms with Crippen molar-refractivity contribution in [2.75, 3.05) is 0 Å². The smallest absolute Gasteiger partial charge is 0.142 e. The van der Waals surface area contributed by atoms with E-state index >= 15 is 0 Å². The first-order valence-corrected chi connectivity index (χ1v) is 13.4. The summed E-state index contributed by atoms with van der Waals surface area (Å²) < 4.78 is 0. The van der Waals surface area contributed by atoms with Gasteiger partial charge in [0.2, 0.25) is 0 Å². The van der Waals surface area contributed by atoms with Gasteiger partial charge in [0.05, 0.1) is 30.1 Å². The molecule has 194 valence electrons. The lowest BCUT2D eigenvalue weighted by molar-refractivity contribution is 0.469. The molecule has 0 saturated carbocycles. The maximum Gasteiger partial charge on any atom is 0.142 e. The molecule has 0 atom stereocenters. The Hall–Kier alpha value is -2.44. The van der Waals surface area contributed by atoms with Gasteiger partial charge < -0.3 is 20.4 Å². The van der Waals surface area contributed by atoms with Gasteiger partial charge in [0, 0.05) is 22.3 Å². The highest BCUT2D eigenvalue weighted by Gasteiger charge is 2.23. The van der Waals surface area contributed by atoms with Crippen LogP contribution >= 0.6 is 69.6 Å². The molecule has 0 radical (unpaired) electrons. The van der Waals surface area contributed by atoms with Crippen LogP contribution in [0.2, 0.25) is 25.1 Å². The van der Waals surface area contributed by atoms with Crippen LogP contribution in [0.3, 0.4) is 0 Å². The van der Waals surface area contributed by atoms with Crippen LogP contribution in [0.15, 0.2) is 42.5 Å². The summed E-state index contributed by atoms with van der Waals surface area (Å²) in [6, 6.07) is 10.9. The second-order valence-corrected chi connectivity index (χ2v) is 11.2. The van der Waals surface area contributed by atoms with Crippen LogP contribution in [-0.4, -0.2) is 20.4 Å². The molecule has 2 aliphatic carbocycles. The van der Waals surface area contributed by atoms with Crippen LogP contribution in [0.4, 0.5) is 0 Å². The molecular formula is C28H16Cl6O4. The predicted molar refractivity (Wildman–Crippen MR) is 157 cm³/mol. The van der Waals surface area contributed by atoms with Crippen molar-refractivity contribution in [1.82, 2.24) is 0 Å². The molecule has 10 heteroatoms. The minimum Gasteiger partial charge on any atom is -0.506 e. The van der Waals surface area contributed by atoms with Gasteiger partial charge in [0.25, 0.3) is 0 Å². The first-order valence-electron chi connectivity index (χ1n) is 11.1. The first kappa shape index (κ1) is 27.1. The number of aryl methyl sites for hydroxylation is 2. The number of rotatable bonds is 0. The molecule has 0 unspecified atom stereocenters. The number of halogens is 6. The van der Waals surface area contributed by atoms with E-state index in [9.17, 15) is 20.4 Å². The zero-order chi connectivity index (χ0) is 27.5. The average Bonchev–Trinajstić information content (AvgIpc) is 2.85. The van der Waals surface area contributed by atoms with Crippen molar-refractivity contribution in [2.45, 2.75) is 12.8 Å². The molecule has 0 aromatic heterocycles. The molecule has 0 spiro atoms. The second-order valence-electron chi connectivity index (χ2n) is 8.77. The number of aromatic hydroxyl groups is 4. The van der Waals surface area contributed by atoms with Gasteiger partial charge in [-0.25, -0.2) is 0 Å². The fourth-order valence-corrected chi connectivity index (χ4v) is 6.22.